The number of methoxy groups -OCH3 is 1. The average Bonchev–Trinajstić information content (AvgIpc) is 3.16. The van der Waals surface area contributed by atoms with E-state index >= 15 is 0 Å². The van der Waals surface area contributed by atoms with E-state index in [0.29, 0.717) is 24.5 Å². The summed E-state index contributed by atoms with van der Waals surface area (Å²) in [6.45, 7) is 1.00. The van der Waals surface area contributed by atoms with Crippen LogP contribution in [0.5, 0.6) is 5.75 Å². The van der Waals surface area contributed by atoms with Crippen LogP contribution in [0.15, 0.2) is 52.6 Å². The quantitative estimate of drug-likeness (QED) is 0.791. The highest BCUT2D eigenvalue weighted by atomic mass is 32.2. The number of rotatable bonds is 3. The van der Waals surface area contributed by atoms with E-state index in [0.717, 1.165) is 24.2 Å². The van der Waals surface area contributed by atoms with Gasteiger partial charge in [-0.25, -0.2) is 8.42 Å². The lowest BCUT2D eigenvalue weighted by Crippen LogP contribution is -2.39. The molecule has 1 unspecified atom stereocenters. The molecule has 142 valence electrons. The van der Waals surface area contributed by atoms with Gasteiger partial charge in [-0.05, 0) is 42.7 Å². The Morgan fingerprint density at radius 1 is 1.26 bits per heavy atom. The summed E-state index contributed by atoms with van der Waals surface area (Å²) < 4.78 is 32.3. The molecule has 3 aliphatic rings. The van der Waals surface area contributed by atoms with Crippen LogP contribution in [-0.4, -0.2) is 55.9 Å². The molecule has 1 amide bonds. The molecule has 7 nitrogen and oxygen atoms in total. The summed E-state index contributed by atoms with van der Waals surface area (Å²) in [5, 5.41) is 0. The lowest BCUT2D eigenvalue weighted by atomic mass is 10.0. The van der Waals surface area contributed by atoms with Crippen LogP contribution in [0, 0.1) is 0 Å². The fourth-order valence-electron chi connectivity index (χ4n) is 3.70. The molecule has 0 spiro atoms. The number of amides is 1. The van der Waals surface area contributed by atoms with E-state index < -0.39 is 10.0 Å². The van der Waals surface area contributed by atoms with Gasteiger partial charge in [0.15, 0.2) is 0 Å². The Hall–Kier alpha value is -2.61. The Morgan fingerprint density at radius 2 is 2.11 bits per heavy atom. The van der Waals surface area contributed by atoms with E-state index in [-0.39, 0.29) is 17.7 Å². The molecule has 0 saturated carbocycles. The molecule has 1 aromatic carbocycles. The topological polar surface area (TPSA) is 79.3 Å². The second-order valence-corrected chi connectivity index (χ2v) is 8.53. The maximum atomic E-state index is 13.1. The van der Waals surface area contributed by atoms with Crippen molar-refractivity contribution in [3.8, 4) is 5.75 Å². The number of fused-ring (bicyclic) bond motifs is 1. The molecule has 1 saturated heterocycles. The Kier molecular flexibility index (Phi) is 4.51. The molecule has 0 aliphatic carbocycles. The lowest BCUT2D eigenvalue weighted by molar-refractivity contribution is -0.127. The molecule has 27 heavy (non-hydrogen) atoms. The second kappa shape index (κ2) is 6.84. The third-order valence-electron chi connectivity index (χ3n) is 5.06. The molecular formula is C19H21N3O4S. The minimum absolute atomic E-state index is 0.0127. The normalized spacial score (nSPS) is 23.5. The van der Waals surface area contributed by atoms with Gasteiger partial charge in [0.1, 0.15) is 11.6 Å². The van der Waals surface area contributed by atoms with Crippen LogP contribution in [0.3, 0.4) is 0 Å². The number of hydrogen-bond acceptors (Lipinski definition) is 5. The van der Waals surface area contributed by atoms with Crippen LogP contribution in [0.2, 0.25) is 0 Å². The molecule has 0 N–H and O–H groups in total. The van der Waals surface area contributed by atoms with Crippen LogP contribution >= 0.6 is 0 Å². The van der Waals surface area contributed by atoms with Gasteiger partial charge in [0.2, 0.25) is 0 Å². The number of carbonyl (C=O) groups is 1. The molecule has 0 radical (unpaired) electrons. The number of hydrogen-bond donors (Lipinski definition) is 0. The SMILES string of the molecule is COc1cccc(C2CCCN2C(=O)C2=CN3CCS(=O)(=O)N=C3C=C2)c1. The zero-order chi connectivity index (χ0) is 19.0. The van der Waals surface area contributed by atoms with Crippen molar-refractivity contribution in [3.63, 3.8) is 0 Å². The van der Waals surface area contributed by atoms with Crippen LogP contribution in [-0.2, 0) is 14.8 Å². The molecule has 1 fully saturated rings. The second-order valence-electron chi connectivity index (χ2n) is 6.78. The summed E-state index contributed by atoms with van der Waals surface area (Å²) in [5.74, 6) is 1.05. The molecule has 4 rings (SSSR count). The third kappa shape index (κ3) is 3.49. The van der Waals surface area contributed by atoms with Gasteiger partial charge < -0.3 is 14.5 Å². The van der Waals surface area contributed by atoms with Gasteiger partial charge >= 0.3 is 0 Å². The smallest absolute Gasteiger partial charge is 0.256 e. The number of sulfonamides is 1. The van der Waals surface area contributed by atoms with Crippen LogP contribution in [0.1, 0.15) is 24.4 Å². The van der Waals surface area contributed by atoms with Crippen molar-refractivity contribution < 1.29 is 17.9 Å². The number of amidine groups is 1. The zero-order valence-electron chi connectivity index (χ0n) is 15.0. The Bertz CT molecular complexity index is 965. The Balaban J connectivity index is 1.57. The van der Waals surface area contributed by atoms with Gasteiger partial charge in [-0.2, -0.15) is 0 Å². The summed E-state index contributed by atoms with van der Waals surface area (Å²) in [4.78, 5) is 16.7. The number of benzene rings is 1. The van der Waals surface area contributed by atoms with Gasteiger partial charge in [0.05, 0.1) is 24.5 Å². The Labute approximate surface area is 158 Å². The van der Waals surface area contributed by atoms with E-state index in [4.69, 9.17) is 4.74 Å². The van der Waals surface area contributed by atoms with Crippen molar-refractivity contribution in [1.82, 2.24) is 9.80 Å². The summed E-state index contributed by atoms with van der Waals surface area (Å²) in [6.07, 6.45) is 6.81. The lowest BCUT2D eigenvalue weighted by Gasteiger charge is -2.30. The first-order chi connectivity index (χ1) is 13.0. The number of likely N-dealkylation sites (tertiary alicyclic amines) is 1. The molecule has 8 heteroatoms. The summed E-state index contributed by atoms with van der Waals surface area (Å²) in [6, 6.07) is 7.83. The average molecular weight is 387 g/mol. The maximum Gasteiger partial charge on any atom is 0.256 e. The van der Waals surface area contributed by atoms with Crippen molar-refractivity contribution in [2.75, 3.05) is 26.0 Å². The first-order valence-electron chi connectivity index (χ1n) is 8.91. The molecular weight excluding hydrogens is 366 g/mol. The van der Waals surface area contributed by atoms with Crippen LogP contribution < -0.4 is 4.74 Å². The van der Waals surface area contributed by atoms with Gasteiger partial charge in [0, 0.05) is 19.3 Å². The van der Waals surface area contributed by atoms with Crippen molar-refractivity contribution in [3.05, 3.63) is 53.8 Å². The van der Waals surface area contributed by atoms with Gasteiger partial charge in [-0.1, -0.05) is 12.1 Å². The van der Waals surface area contributed by atoms with Crippen molar-refractivity contribution >= 4 is 21.8 Å². The monoisotopic (exact) mass is 387 g/mol. The third-order valence-corrected chi connectivity index (χ3v) is 6.23. The molecule has 3 heterocycles. The summed E-state index contributed by atoms with van der Waals surface area (Å²) >= 11 is 0. The largest absolute Gasteiger partial charge is 0.497 e. The first-order valence-corrected chi connectivity index (χ1v) is 10.5. The standard InChI is InChI=1S/C19H21N3O4S/c1-26-16-5-2-4-14(12-16)17-6-3-9-22(17)19(23)15-7-8-18-20-27(24,25)11-10-21(18)13-15/h2,4-5,7-8,12-13,17H,3,6,9-11H2,1H3. The highest BCUT2D eigenvalue weighted by Gasteiger charge is 2.33. The molecule has 0 aromatic heterocycles. The minimum Gasteiger partial charge on any atom is -0.497 e. The molecule has 1 atom stereocenters. The predicted molar refractivity (Wildman–Crippen MR) is 102 cm³/mol. The zero-order valence-corrected chi connectivity index (χ0v) is 15.9. The van der Waals surface area contributed by atoms with E-state index in [2.05, 4.69) is 4.40 Å². The highest BCUT2D eigenvalue weighted by molar-refractivity contribution is 7.90. The first kappa shape index (κ1) is 17.8. The van der Waals surface area contributed by atoms with Gasteiger partial charge in [-0.3, -0.25) is 4.79 Å². The van der Waals surface area contributed by atoms with Crippen molar-refractivity contribution in [2.45, 2.75) is 18.9 Å². The number of ether oxygens (including phenoxy) is 1. The maximum absolute atomic E-state index is 13.1. The summed E-state index contributed by atoms with van der Waals surface area (Å²) in [7, 11) is -1.77. The summed E-state index contributed by atoms with van der Waals surface area (Å²) in [5.41, 5.74) is 1.61. The van der Waals surface area contributed by atoms with Gasteiger partial charge in [-0.15, -0.1) is 4.40 Å². The molecule has 3 aliphatic heterocycles. The van der Waals surface area contributed by atoms with E-state index in [1.54, 1.807) is 30.4 Å². The number of nitrogens with zero attached hydrogens (tertiary/aromatic N) is 3. The van der Waals surface area contributed by atoms with Crippen LogP contribution in [0.4, 0.5) is 0 Å². The van der Waals surface area contributed by atoms with Gasteiger partial charge in [0.25, 0.3) is 15.9 Å². The van der Waals surface area contributed by atoms with Crippen molar-refractivity contribution in [1.29, 1.82) is 0 Å². The van der Waals surface area contributed by atoms with E-state index in [1.165, 1.54) is 0 Å². The number of carbonyl (C=O) groups excluding carboxylic acids is 1. The van der Waals surface area contributed by atoms with E-state index in [1.807, 2.05) is 29.2 Å². The van der Waals surface area contributed by atoms with E-state index in [9.17, 15) is 13.2 Å². The predicted octanol–water partition coefficient (Wildman–Crippen LogP) is 1.86. The minimum atomic E-state index is -3.40. The fraction of sp³-hybridized carbons (Fsp3) is 0.368. The fourth-order valence-corrected chi connectivity index (χ4v) is 4.67. The molecule has 0 bridgehead atoms. The van der Waals surface area contributed by atoms with Crippen LogP contribution in [0.25, 0.3) is 0 Å². The van der Waals surface area contributed by atoms with Crippen molar-refractivity contribution in [2.24, 2.45) is 4.40 Å². The molecule has 1 aromatic rings. The highest BCUT2D eigenvalue weighted by Crippen LogP contribution is 2.35. The Morgan fingerprint density at radius 3 is 2.93 bits per heavy atom.